The zero-order chi connectivity index (χ0) is 18.7. The van der Waals surface area contributed by atoms with Gasteiger partial charge in [-0.2, -0.15) is 5.26 Å². The predicted molar refractivity (Wildman–Crippen MR) is 98.4 cm³/mol. The smallest absolute Gasteiger partial charge is 0.272 e. The number of amides is 1. The van der Waals surface area contributed by atoms with Crippen LogP contribution in [0.5, 0.6) is 0 Å². The fourth-order valence-electron chi connectivity index (χ4n) is 3.47. The monoisotopic (exact) mass is 364 g/mol. The Morgan fingerprint density at radius 2 is 1.93 bits per heavy atom. The molecule has 1 aromatic carbocycles. The third-order valence-electron chi connectivity index (χ3n) is 4.93. The third kappa shape index (κ3) is 3.63. The van der Waals surface area contributed by atoms with Crippen molar-refractivity contribution in [3.63, 3.8) is 0 Å². The molecule has 0 aliphatic carbocycles. The Morgan fingerprint density at radius 1 is 1.19 bits per heavy atom. The molecule has 2 fully saturated rings. The largest absolute Gasteiger partial charge is 0.354 e. The van der Waals surface area contributed by atoms with Gasteiger partial charge in [0.2, 0.25) is 0 Å². The molecule has 0 saturated carbocycles. The van der Waals surface area contributed by atoms with E-state index in [2.05, 4.69) is 16.4 Å². The molecule has 1 N–H and O–H groups in total. The van der Waals surface area contributed by atoms with Crippen LogP contribution in [0.1, 0.15) is 28.9 Å². The van der Waals surface area contributed by atoms with E-state index < -0.39 is 5.79 Å². The molecule has 0 radical (unpaired) electrons. The molecule has 0 atom stereocenters. The minimum absolute atomic E-state index is 0.111. The lowest BCUT2D eigenvalue weighted by molar-refractivity contribution is -0.181. The molecular weight excluding hydrogens is 344 g/mol. The highest BCUT2D eigenvalue weighted by Gasteiger charge is 2.41. The first-order chi connectivity index (χ1) is 13.2. The Bertz CT molecular complexity index is 877. The number of ether oxygens (including phenoxy) is 2. The van der Waals surface area contributed by atoms with Crippen molar-refractivity contribution < 1.29 is 14.3 Å². The van der Waals surface area contributed by atoms with E-state index in [0.29, 0.717) is 61.8 Å². The van der Waals surface area contributed by atoms with Gasteiger partial charge < -0.3 is 19.7 Å². The Hall–Kier alpha value is -2.95. The van der Waals surface area contributed by atoms with Gasteiger partial charge in [0.1, 0.15) is 11.8 Å². The summed E-state index contributed by atoms with van der Waals surface area (Å²) in [6.07, 6.45) is 2.94. The van der Waals surface area contributed by atoms with Gasteiger partial charge in [-0.15, -0.1) is 0 Å². The average molecular weight is 364 g/mol. The lowest BCUT2D eigenvalue weighted by Gasteiger charge is -2.37. The lowest BCUT2D eigenvalue weighted by Crippen LogP contribution is -2.47. The molecule has 1 amide bonds. The summed E-state index contributed by atoms with van der Waals surface area (Å²) < 4.78 is 11.4. The molecule has 2 aliphatic heterocycles. The molecule has 0 bridgehead atoms. The number of carbonyl (C=O) groups is 1. The second-order valence-electron chi connectivity index (χ2n) is 6.61. The van der Waals surface area contributed by atoms with Crippen LogP contribution in [-0.2, 0) is 9.47 Å². The van der Waals surface area contributed by atoms with Gasteiger partial charge in [0.15, 0.2) is 5.79 Å². The quantitative estimate of drug-likeness (QED) is 0.901. The summed E-state index contributed by atoms with van der Waals surface area (Å²) in [6.45, 7) is 2.39. The number of carbonyl (C=O) groups excluding carboxylic acids is 1. The number of para-hydroxylation sites is 1. The summed E-state index contributed by atoms with van der Waals surface area (Å²) in [6, 6.07) is 12.9. The zero-order valence-corrected chi connectivity index (χ0v) is 14.9. The number of rotatable bonds is 3. The number of nitrogens with zero attached hydrogens (tertiary/aromatic N) is 3. The standard InChI is InChI=1S/C20H20N4O3/c21-14-15-3-1-2-4-17(15)23-16-5-8-22-18(13-16)19(25)24-9-6-20(7-10-24)26-11-12-27-20/h1-5,8,13H,6-7,9-12H2,(H,22,23). The fourth-order valence-corrected chi connectivity index (χ4v) is 3.47. The van der Waals surface area contributed by atoms with Gasteiger partial charge in [-0.1, -0.05) is 12.1 Å². The van der Waals surface area contributed by atoms with Gasteiger partial charge in [-0.3, -0.25) is 9.78 Å². The summed E-state index contributed by atoms with van der Waals surface area (Å²) in [5.74, 6) is -0.616. The number of piperidine rings is 1. The Labute approximate surface area is 157 Å². The minimum Gasteiger partial charge on any atom is -0.354 e. The molecule has 4 rings (SSSR count). The average Bonchev–Trinajstić information content (AvgIpc) is 3.17. The fraction of sp³-hybridized carbons (Fsp3) is 0.350. The SMILES string of the molecule is N#Cc1ccccc1Nc1ccnc(C(=O)N2CCC3(CC2)OCCO3)c1. The van der Waals surface area contributed by atoms with Crippen LogP contribution in [0.3, 0.4) is 0 Å². The number of benzene rings is 1. The molecule has 1 aromatic heterocycles. The van der Waals surface area contributed by atoms with Crippen molar-refractivity contribution in [1.29, 1.82) is 5.26 Å². The molecule has 27 heavy (non-hydrogen) atoms. The van der Waals surface area contributed by atoms with E-state index in [1.54, 1.807) is 29.3 Å². The van der Waals surface area contributed by atoms with E-state index in [-0.39, 0.29) is 5.91 Å². The molecule has 7 heteroatoms. The molecule has 3 heterocycles. The molecule has 7 nitrogen and oxygen atoms in total. The Morgan fingerprint density at radius 3 is 2.67 bits per heavy atom. The second kappa shape index (κ2) is 7.35. The topological polar surface area (TPSA) is 87.5 Å². The van der Waals surface area contributed by atoms with Crippen LogP contribution in [-0.4, -0.2) is 47.9 Å². The van der Waals surface area contributed by atoms with Crippen LogP contribution in [0.4, 0.5) is 11.4 Å². The van der Waals surface area contributed by atoms with Crippen molar-refractivity contribution in [2.75, 3.05) is 31.6 Å². The van der Waals surface area contributed by atoms with E-state index in [0.717, 1.165) is 0 Å². The van der Waals surface area contributed by atoms with Crippen molar-refractivity contribution in [1.82, 2.24) is 9.88 Å². The summed E-state index contributed by atoms with van der Waals surface area (Å²) >= 11 is 0. The maximum atomic E-state index is 12.8. The highest BCUT2D eigenvalue weighted by molar-refractivity contribution is 5.93. The van der Waals surface area contributed by atoms with Gasteiger partial charge >= 0.3 is 0 Å². The maximum absolute atomic E-state index is 12.8. The van der Waals surface area contributed by atoms with Crippen LogP contribution >= 0.6 is 0 Å². The molecule has 1 spiro atoms. The van der Waals surface area contributed by atoms with E-state index >= 15 is 0 Å². The predicted octanol–water partition coefficient (Wildman–Crippen LogP) is 2.68. The Balaban J connectivity index is 1.46. The van der Waals surface area contributed by atoms with Crippen LogP contribution in [0.2, 0.25) is 0 Å². The number of nitrogens with one attached hydrogen (secondary N) is 1. The van der Waals surface area contributed by atoms with Gasteiger partial charge in [0, 0.05) is 37.8 Å². The van der Waals surface area contributed by atoms with E-state index in [1.165, 1.54) is 0 Å². The molecule has 138 valence electrons. The summed E-state index contributed by atoms with van der Waals surface area (Å²) in [5.41, 5.74) is 2.32. The molecule has 2 aliphatic rings. The first kappa shape index (κ1) is 17.5. The van der Waals surface area contributed by atoms with Gasteiger partial charge in [0.05, 0.1) is 24.5 Å². The Kier molecular flexibility index (Phi) is 4.75. The number of likely N-dealkylation sites (tertiary alicyclic amines) is 1. The second-order valence-corrected chi connectivity index (χ2v) is 6.61. The number of hydrogen-bond acceptors (Lipinski definition) is 6. The summed E-state index contributed by atoms with van der Waals surface area (Å²) in [7, 11) is 0. The van der Waals surface area contributed by atoms with Crippen molar-refractivity contribution in [2.24, 2.45) is 0 Å². The summed E-state index contributed by atoms with van der Waals surface area (Å²) in [5, 5.41) is 12.4. The number of pyridine rings is 1. The highest BCUT2D eigenvalue weighted by Crippen LogP contribution is 2.31. The first-order valence-corrected chi connectivity index (χ1v) is 8.99. The molecular formula is C20H20N4O3. The van der Waals surface area contributed by atoms with Crippen molar-refractivity contribution in [3.05, 3.63) is 53.9 Å². The van der Waals surface area contributed by atoms with Crippen molar-refractivity contribution in [2.45, 2.75) is 18.6 Å². The third-order valence-corrected chi connectivity index (χ3v) is 4.93. The summed E-state index contributed by atoms with van der Waals surface area (Å²) in [4.78, 5) is 18.8. The molecule has 2 saturated heterocycles. The molecule has 2 aromatic rings. The van der Waals surface area contributed by atoms with Gasteiger partial charge in [-0.25, -0.2) is 0 Å². The van der Waals surface area contributed by atoms with Crippen LogP contribution < -0.4 is 5.32 Å². The van der Waals surface area contributed by atoms with E-state index in [9.17, 15) is 10.1 Å². The number of aromatic nitrogens is 1. The van der Waals surface area contributed by atoms with Crippen LogP contribution in [0.15, 0.2) is 42.6 Å². The van der Waals surface area contributed by atoms with E-state index in [4.69, 9.17) is 9.47 Å². The molecule has 0 unspecified atom stereocenters. The van der Waals surface area contributed by atoms with Gasteiger partial charge in [-0.05, 0) is 24.3 Å². The highest BCUT2D eigenvalue weighted by atomic mass is 16.7. The zero-order valence-electron chi connectivity index (χ0n) is 14.9. The van der Waals surface area contributed by atoms with Crippen molar-refractivity contribution >= 4 is 17.3 Å². The normalized spacial score (nSPS) is 18.3. The van der Waals surface area contributed by atoms with Gasteiger partial charge in [0.25, 0.3) is 5.91 Å². The van der Waals surface area contributed by atoms with E-state index in [1.807, 2.05) is 18.2 Å². The number of hydrogen-bond donors (Lipinski definition) is 1. The van der Waals surface area contributed by atoms with Crippen LogP contribution in [0, 0.1) is 11.3 Å². The lowest BCUT2D eigenvalue weighted by atomic mass is 10.0. The maximum Gasteiger partial charge on any atom is 0.272 e. The number of anilines is 2. The first-order valence-electron chi connectivity index (χ1n) is 8.99. The minimum atomic E-state index is -0.505. The van der Waals surface area contributed by atoms with Crippen molar-refractivity contribution in [3.8, 4) is 6.07 Å². The number of nitriles is 1. The van der Waals surface area contributed by atoms with Crippen LogP contribution in [0.25, 0.3) is 0 Å².